The summed E-state index contributed by atoms with van der Waals surface area (Å²) in [6.07, 6.45) is 5.76. The lowest BCUT2D eigenvalue weighted by molar-refractivity contribution is -0.116. The zero-order valence-corrected chi connectivity index (χ0v) is 14.1. The van der Waals surface area contributed by atoms with Gasteiger partial charge in [0, 0.05) is 44.7 Å². The van der Waals surface area contributed by atoms with Crippen LogP contribution in [-0.2, 0) is 24.2 Å². The summed E-state index contributed by atoms with van der Waals surface area (Å²) in [7, 11) is 4.04. The third kappa shape index (κ3) is 4.88. The molecule has 0 aliphatic rings. The van der Waals surface area contributed by atoms with Crippen LogP contribution in [0, 0.1) is 0 Å². The van der Waals surface area contributed by atoms with Crippen molar-refractivity contribution in [2.24, 2.45) is 0 Å². The number of amides is 1. The molecule has 1 amide bonds. The Bertz CT molecular complexity index is 606. The van der Waals surface area contributed by atoms with E-state index in [0.29, 0.717) is 18.1 Å². The summed E-state index contributed by atoms with van der Waals surface area (Å²) in [5.41, 5.74) is 0. The van der Waals surface area contributed by atoms with Crippen LogP contribution in [0.2, 0.25) is 0 Å². The Hall–Kier alpha value is -1.80. The molecule has 22 heavy (non-hydrogen) atoms. The number of likely N-dealkylation sites (N-methyl/N-ethyl adjacent to an activating group) is 1. The highest BCUT2D eigenvalue weighted by molar-refractivity contribution is 7.15. The van der Waals surface area contributed by atoms with E-state index < -0.39 is 0 Å². The predicted molar refractivity (Wildman–Crippen MR) is 87.0 cm³/mol. The SMILES string of the molecule is CCc1nccn1CCC(=O)Nc1nnc(CCN(C)C)s1. The Labute approximate surface area is 134 Å². The molecule has 2 aromatic rings. The van der Waals surface area contributed by atoms with Crippen LogP contribution in [0.3, 0.4) is 0 Å². The molecule has 7 nitrogen and oxygen atoms in total. The van der Waals surface area contributed by atoms with Crippen molar-refractivity contribution in [3.05, 3.63) is 23.2 Å². The fraction of sp³-hybridized carbons (Fsp3) is 0.571. The van der Waals surface area contributed by atoms with Gasteiger partial charge in [-0.2, -0.15) is 0 Å². The molecule has 1 N–H and O–H groups in total. The number of rotatable bonds is 8. The van der Waals surface area contributed by atoms with Crippen molar-refractivity contribution in [2.75, 3.05) is 26.0 Å². The van der Waals surface area contributed by atoms with Gasteiger partial charge in [-0.25, -0.2) is 4.98 Å². The van der Waals surface area contributed by atoms with Crippen molar-refractivity contribution < 1.29 is 4.79 Å². The van der Waals surface area contributed by atoms with Crippen LogP contribution < -0.4 is 5.32 Å². The Morgan fingerprint density at radius 2 is 2.23 bits per heavy atom. The summed E-state index contributed by atoms with van der Waals surface area (Å²) in [6, 6.07) is 0. The van der Waals surface area contributed by atoms with Crippen molar-refractivity contribution in [3.8, 4) is 0 Å². The van der Waals surface area contributed by atoms with Gasteiger partial charge in [0.15, 0.2) is 0 Å². The summed E-state index contributed by atoms with van der Waals surface area (Å²) in [6.45, 7) is 3.60. The molecule has 0 fully saturated rings. The smallest absolute Gasteiger partial charge is 0.227 e. The topological polar surface area (TPSA) is 75.9 Å². The van der Waals surface area contributed by atoms with Gasteiger partial charge in [-0.1, -0.05) is 18.3 Å². The van der Waals surface area contributed by atoms with E-state index in [1.54, 1.807) is 6.20 Å². The molecule has 0 radical (unpaired) electrons. The average molecular weight is 322 g/mol. The highest BCUT2D eigenvalue weighted by Crippen LogP contribution is 2.16. The molecular formula is C14H22N6OS. The lowest BCUT2D eigenvalue weighted by Crippen LogP contribution is -2.15. The van der Waals surface area contributed by atoms with E-state index in [1.807, 2.05) is 24.9 Å². The molecule has 0 spiro atoms. The number of anilines is 1. The normalized spacial score (nSPS) is 11.1. The maximum absolute atomic E-state index is 12.0. The van der Waals surface area contributed by atoms with Crippen molar-refractivity contribution >= 4 is 22.4 Å². The number of nitrogens with zero attached hydrogens (tertiary/aromatic N) is 5. The molecule has 0 saturated heterocycles. The molecule has 120 valence electrons. The van der Waals surface area contributed by atoms with E-state index in [-0.39, 0.29) is 5.91 Å². The fourth-order valence-electron chi connectivity index (χ4n) is 1.99. The number of aromatic nitrogens is 4. The molecule has 0 aliphatic heterocycles. The number of carbonyl (C=O) groups excluding carboxylic acids is 1. The molecule has 0 bridgehead atoms. The molecule has 0 atom stereocenters. The number of hydrogen-bond acceptors (Lipinski definition) is 6. The summed E-state index contributed by atoms with van der Waals surface area (Å²) in [4.78, 5) is 18.3. The Balaban J connectivity index is 1.79. The minimum Gasteiger partial charge on any atom is -0.334 e. The lowest BCUT2D eigenvalue weighted by Gasteiger charge is -2.06. The molecule has 2 aromatic heterocycles. The van der Waals surface area contributed by atoms with Gasteiger partial charge in [0.2, 0.25) is 11.0 Å². The average Bonchev–Trinajstić information content (AvgIpc) is 3.11. The highest BCUT2D eigenvalue weighted by atomic mass is 32.1. The van der Waals surface area contributed by atoms with Crippen LogP contribution in [0.5, 0.6) is 0 Å². The monoisotopic (exact) mass is 322 g/mol. The molecule has 0 aromatic carbocycles. The Kier molecular flexibility index (Phi) is 6.02. The molecule has 2 rings (SSSR count). The first-order valence-corrected chi connectivity index (χ1v) is 8.17. The van der Waals surface area contributed by atoms with Crippen LogP contribution in [0.25, 0.3) is 0 Å². The zero-order valence-electron chi connectivity index (χ0n) is 13.2. The third-order valence-corrected chi connectivity index (χ3v) is 4.08. The van der Waals surface area contributed by atoms with E-state index in [4.69, 9.17) is 0 Å². The summed E-state index contributed by atoms with van der Waals surface area (Å²) in [5, 5.41) is 12.4. The van der Waals surface area contributed by atoms with Gasteiger partial charge >= 0.3 is 0 Å². The largest absolute Gasteiger partial charge is 0.334 e. The summed E-state index contributed by atoms with van der Waals surface area (Å²) < 4.78 is 2.00. The van der Waals surface area contributed by atoms with Gasteiger partial charge in [0.1, 0.15) is 10.8 Å². The van der Waals surface area contributed by atoms with Crippen LogP contribution in [0.1, 0.15) is 24.2 Å². The van der Waals surface area contributed by atoms with Gasteiger partial charge < -0.3 is 14.8 Å². The van der Waals surface area contributed by atoms with E-state index >= 15 is 0 Å². The van der Waals surface area contributed by atoms with E-state index in [2.05, 4.69) is 32.3 Å². The quantitative estimate of drug-likeness (QED) is 0.795. The first-order valence-electron chi connectivity index (χ1n) is 7.35. The molecular weight excluding hydrogens is 300 g/mol. The van der Waals surface area contributed by atoms with E-state index in [9.17, 15) is 4.79 Å². The molecule has 0 unspecified atom stereocenters. The molecule has 0 aliphatic carbocycles. The number of carbonyl (C=O) groups is 1. The van der Waals surface area contributed by atoms with Crippen molar-refractivity contribution in [3.63, 3.8) is 0 Å². The van der Waals surface area contributed by atoms with Gasteiger partial charge in [-0.15, -0.1) is 10.2 Å². The second kappa shape index (κ2) is 8.00. The van der Waals surface area contributed by atoms with E-state index in [0.717, 1.165) is 30.2 Å². The van der Waals surface area contributed by atoms with Gasteiger partial charge in [-0.3, -0.25) is 4.79 Å². The van der Waals surface area contributed by atoms with Gasteiger partial charge in [0.25, 0.3) is 0 Å². The molecule has 8 heteroatoms. The van der Waals surface area contributed by atoms with E-state index in [1.165, 1.54) is 11.3 Å². The van der Waals surface area contributed by atoms with Gasteiger partial charge in [-0.05, 0) is 14.1 Å². The van der Waals surface area contributed by atoms with Crippen LogP contribution in [0.15, 0.2) is 12.4 Å². The second-order valence-electron chi connectivity index (χ2n) is 5.24. The highest BCUT2D eigenvalue weighted by Gasteiger charge is 2.09. The maximum Gasteiger partial charge on any atom is 0.227 e. The van der Waals surface area contributed by atoms with Crippen molar-refractivity contribution in [2.45, 2.75) is 32.7 Å². The first-order chi connectivity index (χ1) is 10.6. The number of nitrogens with one attached hydrogen (secondary N) is 1. The van der Waals surface area contributed by atoms with Crippen molar-refractivity contribution in [1.29, 1.82) is 0 Å². The number of imidazole rings is 1. The minimum atomic E-state index is -0.0499. The maximum atomic E-state index is 12.0. The fourth-order valence-corrected chi connectivity index (χ4v) is 2.73. The lowest BCUT2D eigenvalue weighted by atomic mass is 10.3. The third-order valence-electron chi connectivity index (χ3n) is 3.18. The molecule has 0 saturated carbocycles. The Morgan fingerprint density at radius 3 is 2.95 bits per heavy atom. The van der Waals surface area contributed by atoms with Crippen LogP contribution >= 0.6 is 11.3 Å². The molecule has 2 heterocycles. The summed E-state index contributed by atoms with van der Waals surface area (Å²) >= 11 is 1.43. The standard InChI is InChI=1S/C14H22N6OS/c1-4-11-15-7-10-20(11)9-5-12(21)16-14-18-17-13(22-14)6-8-19(2)3/h7,10H,4-6,8-9H2,1-3H3,(H,16,18,21). The van der Waals surface area contributed by atoms with Crippen LogP contribution in [-0.4, -0.2) is 51.2 Å². The number of hydrogen-bond donors (Lipinski definition) is 1. The van der Waals surface area contributed by atoms with Crippen LogP contribution in [0.4, 0.5) is 5.13 Å². The number of aryl methyl sites for hydroxylation is 2. The predicted octanol–water partition coefficient (Wildman–Crippen LogP) is 1.43. The second-order valence-corrected chi connectivity index (χ2v) is 6.30. The summed E-state index contributed by atoms with van der Waals surface area (Å²) in [5.74, 6) is 0.945. The van der Waals surface area contributed by atoms with Crippen molar-refractivity contribution in [1.82, 2.24) is 24.6 Å². The van der Waals surface area contributed by atoms with Gasteiger partial charge in [0.05, 0.1) is 0 Å². The Morgan fingerprint density at radius 1 is 1.41 bits per heavy atom. The first kappa shape index (κ1) is 16.6. The zero-order chi connectivity index (χ0) is 15.9. The minimum absolute atomic E-state index is 0.0499.